The molecular weight excluding hydrogens is 448 g/mol. The molecule has 0 spiro atoms. The third kappa shape index (κ3) is 4.21. The zero-order valence-corrected chi connectivity index (χ0v) is 19.0. The van der Waals surface area contributed by atoms with Gasteiger partial charge in [-0.3, -0.25) is 9.78 Å². The number of hydrogen-bond acceptors (Lipinski definition) is 5. The van der Waals surface area contributed by atoms with E-state index < -0.39 is 10.1 Å². The Morgan fingerprint density at radius 3 is 2.41 bits per heavy atom. The first kappa shape index (κ1) is 21.6. The first-order valence-corrected chi connectivity index (χ1v) is 12.0. The topological polar surface area (TPSA) is 85.4 Å². The van der Waals surface area contributed by atoms with E-state index >= 15 is 0 Å². The van der Waals surface area contributed by atoms with Crippen molar-refractivity contribution in [2.24, 2.45) is 0 Å². The lowest BCUT2D eigenvalue weighted by Gasteiger charge is -2.13. The fourth-order valence-corrected chi connectivity index (χ4v) is 4.66. The standard InChI is InChI=1S/C27H20N2O4S/c1-18-8-12-22(13-9-18)34(31,32)33-25-15-14-24(26-23(25)7-4-16-28-26)29-27(30)21-11-10-19-5-2-3-6-20(19)17-21/h2-17H,1H3,(H,29,30). The molecule has 1 aromatic heterocycles. The minimum atomic E-state index is -4.04. The Morgan fingerprint density at radius 1 is 0.853 bits per heavy atom. The number of nitrogens with one attached hydrogen (secondary N) is 1. The number of rotatable bonds is 5. The van der Waals surface area contributed by atoms with Crippen LogP contribution in [0.15, 0.2) is 102 Å². The van der Waals surface area contributed by atoms with Gasteiger partial charge in [0, 0.05) is 17.1 Å². The first-order chi connectivity index (χ1) is 16.4. The number of benzene rings is 4. The third-order valence-electron chi connectivity index (χ3n) is 5.50. The summed E-state index contributed by atoms with van der Waals surface area (Å²) in [6.45, 7) is 1.88. The predicted octanol–water partition coefficient (Wildman–Crippen LogP) is 5.72. The highest BCUT2D eigenvalue weighted by atomic mass is 32.2. The molecule has 0 radical (unpaired) electrons. The fourth-order valence-electron chi connectivity index (χ4n) is 3.72. The van der Waals surface area contributed by atoms with E-state index in [1.807, 2.05) is 43.3 Å². The van der Waals surface area contributed by atoms with Gasteiger partial charge >= 0.3 is 10.1 Å². The second-order valence-electron chi connectivity index (χ2n) is 7.88. The van der Waals surface area contributed by atoms with Gasteiger partial charge in [-0.15, -0.1) is 0 Å². The molecule has 7 heteroatoms. The Labute approximate surface area is 197 Å². The Kier molecular flexibility index (Phi) is 5.47. The molecule has 4 aromatic carbocycles. The van der Waals surface area contributed by atoms with Crippen LogP contribution in [0.3, 0.4) is 0 Å². The van der Waals surface area contributed by atoms with E-state index in [1.54, 1.807) is 42.6 Å². The molecule has 5 rings (SSSR count). The van der Waals surface area contributed by atoms with Crippen molar-refractivity contribution in [3.8, 4) is 5.75 Å². The summed E-state index contributed by atoms with van der Waals surface area (Å²) >= 11 is 0. The number of hydrogen-bond donors (Lipinski definition) is 1. The number of pyridine rings is 1. The summed E-state index contributed by atoms with van der Waals surface area (Å²) in [5.41, 5.74) is 2.33. The SMILES string of the molecule is Cc1ccc(S(=O)(=O)Oc2ccc(NC(=O)c3ccc4ccccc4c3)c3ncccc23)cc1. The number of anilines is 1. The van der Waals surface area contributed by atoms with E-state index in [9.17, 15) is 13.2 Å². The van der Waals surface area contributed by atoms with Crippen molar-refractivity contribution in [2.45, 2.75) is 11.8 Å². The van der Waals surface area contributed by atoms with Gasteiger partial charge in [-0.05, 0) is 66.2 Å². The maximum Gasteiger partial charge on any atom is 0.339 e. The number of nitrogens with zero attached hydrogens (tertiary/aromatic N) is 1. The largest absolute Gasteiger partial charge is 0.378 e. The van der Waals surface area contributed by atoms with Crippen LogP contribution in [0, 0.1) is 6.92 Å². The van der Waals surface area contributed by atoms with Gasteiger partial charge in [-0.2, -0.15) is 8.42 Å². The van der Waals surface area contributed by atoms with E-state index in [0.29, 0.717) is 22.2 Å². The van der Waals surface area contributed by atoms with Gasteiger partial charge in [0.05, 0.1) is 11.2 Å². The van der Waals surface area contributed by atoms with Crippen LogP contribution in [0.25, 0.3) is 21.7 Å². The number of aromatic nitrogens is 1. The predicted molar refractivity (Wildman–Crippen MR) is 133 cm³/mol. The van der Waals surface area contributed by atoms with Crippen molar-refractivity contribution in [3.05, 3.63) is 108 Å². The molecule has 1 heterocycles. The average molecular weight is 469 g/mol. The van der Waals surface area contributed by atoms with E-state index in [-0.39, 0.29) is 16.6 Å². The van der Waals surface area contributed by atoms with Crippen molar-refractivity contribution in [1.82, 2.24) is 4.98 Å². The molecule has 0 unspecified atom stereocenters. The molecule has 0 aliphatic rings. The number of aryl methyl sites for hydroxylation is 1. The zero-order chi connectivity index (χ0) is 23.7. The lowest BCUT2D eigenvalue weighted by atomic mass is 10.1. The molecule has 0 atom stereocenters. The molecule has 34 heavy (non-hydrogen) atoms. The molecule has 0 saturated carbocycles. The molecule has 1 amide bonds. The number of carbonyl (C=O) groups is 1. The summed E-state index contributed by atoms with van der Waals surface area (Å²) < 4.78 is 31.1. The quantitative estimate of drug-likeness (QED) is 0.334. The summed E-state index contributed by atoms with van der Waals surface area (Å²) in [6.07, 6.45) is 1.58. The van der Waals surface area contributed by atoms with Gasteiger partial charge in [-0.1, -0.05) is 48.0 Å². The molecule has 6 nitrogen and oxygen atoms in total. The fraction of sp³-hybridized carbons (Fsp3) is 0.0370. The molecule has 0 bridgehead atoms. The smallest absolute Gasteiger partial charge is 0.339 e. The van der Waals surface area contributed by atoms with Gasteiger partial charge in [0.15, 0.2) is 5.75 Å². The first-order valence-electron chi connectivity index (χ1n) is 10.6. The second kappa shape index (κ2) is 8.61. The molecule has 168 valence electrons. The third-order valence-corrected chi connectivity index (χ3v) is 6.75. The van der Waals surface area contributed by atoms with E-state index in [1.165, 1.54) is 18.2 Å². The lowest BCUT2D eigenvalue weighted by Crippen LogP contribution is -2.13. The molecule has 0 aliphatic heterocycles. The Hall–Kier alpha value is -4.23. The van der Waals surface area contributed by atoms with Crippen molar-refractivity contribution in [2.75, 3.05) is 5.32 Å². The minimum absolute atomic E-state index is 0.0591. The summed E-state index contributed by atoms with van der Waals surface area (Å²) in [6, 6.07) is 26.2. The highest BCUT2D eigenvalue weighted by molar-refractivity contribution is 7.87. The molecule has 5 aromatic rings. The van der Waals surface area contributed by atoms with Crippen LogP contribution in [0.4, 0.5) is 5.69 Å². The van der Waals surface area contributed by atoms with Crippen LogP contribution in [-0.4, -0.2) is 19.3 Å². The average Bonchev–Trinajstić information content (AvgIpc) is 2.85. The molecule has 0 aliphatic carbocycles. The van der Waals surface area contributed by atoms with Gasteiger partial charge in [0.2, 0.25) is 0 Å². The van der Waals surface area contributed by atoms with Crippen molar-refractivity contribution >= 4 is 43.4 Å². The summed E-state index contributed by atoms with van der Waals surface area (Å²) in [7, 11) is -4.04. The van der Waals surface area contributed by atoms with Gasteiger partial charge < -0.3 is 9.50 Å². The second-order valence-corrected chi connectivity index (χ2v) is 9.42. The van der Waals surface area contributed by atoms with Crippen molar-refractivity contribution < 1.29 is 17.4 Å². The summed E-state index contributed by atoms with van der Waals surface area (Å²) in [4.78, 5) is 17.4. The normalized spacial score (nSPS) is 11.4. The Bertz CT molecular complexity index is 1650. The van der Waals surface area contributed by atoms with Crippen LogP contribution in [0.1, 0.15) is 15.9 Å². The van der Waals surface area contributed by atoms with E-state index in [4.69, 9.17) is 4.18 Å². The molecule has 0 fully saturated rings. The van der Waals surface area contributed by atoms with Crippen molar-refractivity contribution in [1.29, 1.82) is 0 Å². The summed E-state index contributed by atoms with van der Waals surface area (Å²) in [5, 5.41) is 5.36. The lowest BCUT2D eigenvalue weighted by molar-refractivity contribution is 0.102. The van der Waals surface area contributed by atoms with Crippen LogP contribution >= 0.6 is 0 Å². The van der Waals surface area contributed by atoms with Crippen LogP contribution in [0.5, 0.6) is 5.75 Å². The van der Waals surface area contributed by atoms with E-state index in [2.05, 4.69) is 10.3 Å². The zero-order valence-electron chi connectivity index (χ0n) is 18.2. The molecular formula is C27H20N2O4S. The van der Waals surface area contributed by atoms with Gasteiger partial charge in [-0.25, -0.2) is 0 Å². The minimum Gasteiger partial charge on any atom is -0.378 e. The number of carbonyl (C=O) groups excluding carboxylic acids is 1. The monoisotopic (exact) mass is 468 g/mol. The van der Waals surface area contributed by atoms with Gasteiger partial charge in [0.1, 0.15) is 4.90 Å². The Balaban J connectivity index is 1.47. The van der Waals surface area contributed by atoms with Crippen LogP contribution in [0.2, 0.25) is 0 Å². The molecule has 0 saturated heterocycles. The number of amides is 1. The van der Waals surface area contributed by atoms with Crippen molar-refractivity contribution in [3.63, 3.8) is 0 Å². The maximum absolute atomic E-state index is 13.0. The Morgan fingerprint density at radius 2 is 1.62 bits per heavy atom. The van der Waals surface area contributed by atoms with E-state index in [0.717, 1.165) is 16.3 Å². The van der Waals surface area contributed by atoms with Crippen LogP contribution in [-0.2, 0) is 10.1 Å². The number of fused-ring (bicyclic) bond motifs is 2. The van der Waals surface area contributed by atoms with Crippen LogP contribution < -0.4 is 9.50 Å². The highest BCUT2D eigenvalue weighted by Gasteiger charge is 2.20. The maximum atomic E-state index is 13.0. The highest BCUT2D eigenvalue weighted by Crippen LogP contribution is 2.32. The molecule has 1 N–H and O–H groups in total. The van der Waals surface area contributed by atoms with Gasteiger partial charge in [0.25, 0.3) is 5.91 Å². The summed E-state index contributed by atoms with van der Waals surface area (Å²) in [5.74, 6) is -0.161.